The molecule has 1 heterocycles. The standard InChI is InChI=1S/C16H21N3O5/c1-2-24-16(21)12-6-5-9-18(10-12)11-15(20)17-13-7-3-4-8-14(13)19(22)23/h3-4,7-8,12H,2,5-6,9-11H2,1H3,(H,17,20). The molecule has 1 aliphatic heterocycles. The van der Waals surface area contributed by atoms with Gasteiger partial charge in [-0.3, -0.25) is 24.6 Å². The van der Waals surface area contributed by atoms with E-state index < -0.39 is 4.92 Å². The number of nitrogens with zero attached hydrogens (tertiary/aromatic N) is 2. The van der Waals surface area contributed by atoms with Gasteiger partial charge in [0.05, 0.1) is 24.0 Å². The summed E-state index contributed by atoms with van der Waals surface area (Å²) in [5.74, 6) is -0.798. The Bertz CT molecular complexity index is 619. The molecule has 8 heteroatoms. The van der Waals surface area contributed by atoms with Crippen LogP contribution in [0.15, 0.2) is 24.3 Å². The summed E-state index contributed by atoms with van der Waals surface area (Å²) in [4.78, 5) is 36.3. The highest BCUT2D eigenvalue weighted by molar-refractivity contribution is 5.94. The minimum absolute atomic E-state index is 0.0853. The van der Waals surface area contributed by atoms with E-state index in [4.69, 9.17) is 4.74 Å². The van der Waals surface area contributed by atoms with Gasteiger partial charge in [0.15, 0.2) is 0 Å². The fourth-order valence-corrected chi connectivity index (χ4v) is 2.78. The number of hydrogen-bond acceptors (Lipinski definition) is 6. The molecule has 1 aromatic rings. The van der Waals surface area contributed by atoms with Gasteiger partial charge in [-0.25, -0.2) is 0 Å². The summed E-state index contributed by atoms with van der Waals surface area (Å²) in [6.07, 6.45) is 1.56. The second-order valence-corrected chi connectivity index (χ2v) is 5.65. The van der Waals surface area contributed by atoms with Gasteiger partial charge in [-0.15, -0.1) is 0 Å². The number of esters is 1. The lowest BCUT2D eigenvalue weighted by molar-refractivity contribution is -0.383. The lowest BCUT2D eigenvalue weighted by Crippen LogP contribution is -2.43. The highest BCUT2D eigenvalue weighted by atomic mass is 16.6. The van der Waals surface area contributed by atoms with E-state index in [2.05, 4.69) is 5.32 Å². The van der Waals surface area contributed by atoms with Gasteiger partial charge in [0.2, 0.25) is 5.91 Å². The third-order valence-electron chi connectivity index (χ3n) is 3.87. The second-order valence-electron chi connectivity index (χ2n) is 5.65. The lowest BCUT2D eigenvalue weighted by atomic mass is 9.98. The number of carbonyl (C=O) groups is 2. The van der Waals surface area contributed by atoms with Gasteiger partial charge < -0.3 is 10.1 Å². The molecule has 0 bridgehead atoms. The molecule has 8 nitrogen and oxygen atoms in total. The van der Waals surface area contributed by atoms with Crippen molar-refractivity contribution >= 4 is 23.3 Å². The average molecular weight is 335 g/mol. The third kappa shape index (κ3) is 4.76. The number of benzene rings is 1. The van der Waals surface area contributed by atoms with Crippen LogP contribution in [0.25, 0.3) is 0 Å². The van der Waals surface area contributed by atoms with E-state index in [0.29, 0.717) is 19.7 Å². The van der Waals surface area contributed by atoms with Crippen molar-refractivity contribution in [3.8, 4) is 0 Å². The number of hydrogen-bond donors (Lipinski definition) is 1. The van der Waals surface area contributed by atoms with Crippen molar-refractivity contribution in [3.63, 3.8) is 0 Å². The molecule has 0 saturated carbocycles. The van der Waals surface area contributed by atoms with Crippen LogP contribution in [0, 0.1) is 16.0 Å². The highest BCUT2D eigenvalue weighted by Crippen LogP contribution is 2.23. The van der Waals surface area contributed by atoms with Crippen molar-refractivity contribution in [1.82, 2.24) is 4.90 Å². The molecule has 130 valence electrons. The van der Waals surface area contributed by atoms with Crippen molar-refractivity contribution in [1.29, 1.82) is 0 Å². The zero-order chi connectivity index (χ0) is 17.5. The van der Waals surface area contributed by atoms with Crippen LogP contribution in [0.3, 0.4) is 0 Å². The molecule has 1 aliphatic rings. The van der Waals surface area contributed by atoms with Crippen LogP contribution < -0.4 is 5.32 Å². The fraction of sp³-hybridized carbons (Fsp3) is 0.500. The number of ether oxygens (including phenoxy) is 1. The first-order chi connectivity index (χ1) is 11.5. The van der Waals surface area contributed by atoms with E-state index >= 15 is 0 Å². The zero-order valence-electron chi connectivity index (χ0n) is 13.6. The maximum atomic E-state index is 12.2. The van der Waals surface area contributed by atoms with Gasteiger partial charge >= 0.3 is 5.97 Å². The molecule has 1 aromatic carbocycles. The van der Waals surface area contributed by atoms with Crippen molar-refractivity contribution < 1.29 is 19.2 Å². The Morgan fingerprint density at radius 3 is 2.88 bits per heavy atom. The lowest BCUT2D eigenvalue weighted by Gasteiger charge is -2.30. The predicted molar refractivity (Wildman–Crippen MR) is 87.5 cm³/mol. The van der Waals surface area contributed by atoms with Crippen LogP contribution in [0.1, 0.15) is 19.8 Å². The number of nitrogens with one attached hydrogen (secondary N) is 1. The number of piperidine rings is 1. The Balaban J connectivity index is 1.93. The number of para-hydroxylation sites is 2. The SMILES string of the molecule is CCOC(=O)C1CCCN(CC(=O)Nc2ccccc2[N+](=O)[O-])C1. The van der Waals surface area contributed by atoms with Crippen molar-refractivity contribution in [2.24, 2.45) is 5.92 Å². The first-order valence-corrected chi connectivity index (χ1v) is 7.93. The molecule has 1 saturated heterocycles. The summed E-state index contributed by atoms with van der Waals surface area (Å²) in [6, 6.07) is 6.00. The summed E-state index contributed by atoms with van der Waals surface area (Å²) in [6.45, 7) is 3.36. The van der Waals surface area contributed by atoms with E-state index in [9.17, 15) is 19.7 Å². The van der Waals surface area contributed by atoms with Gasteiger partial charge in [0.1, 0.15) is 5.69 Å². The molecular formula is C16H21N3O5. The Kier molecular flexibility index (Phi) is 6.25. The molecule has 0 aliphatic carbocycles. The van der Waals surface area contributed by atoms with Crippen LogP contribution in [0.2, 0.25) is 0 Å². The molecule has 0 radical (unpaired) electrons. The number of likely N-dealkylation sites (tertiary alicyclic amines) is 1. The van der Waals surface area contributed by atoms with E-state index in [0.717, 1.165) is 12.8 Å². The summed E-state index contributed by atoms with van der Waals surface area (Å²) in [5.41, 5.74) is 0.0281. The van der Waals surface area contributed by atoms with Crippen LogP contribution in [0.4, 0.5) is 11.4 Å². The summed E-state index contributed by atoms with van der Waals surface area (Å²) in [5, 5.41) is 13.5. The average Bonchev–Trinajstić information content (AvgIpc) is 2.55. The monoisotopic (exact) mass is 335 g/mol. The van der Waals surface area contributed by atoms with E-state index in [1.165, 1.54) is 12.1 Å². The fourth-order valence-electron chi connectivity index (χ4n) is 2.78. The minimum atomic E-state index is -0.534. The largest absolute Gasteiger partial charge is 0.466 e. The van der Waals surface area contributed by atoms with Gasteiger partial charge in [-0.2, -0.15) is 0 Å². The number of amides is 1. The van der Waals surface area contributed by atoms with Crippen molar-refractivity contribution in [3.05, 3.63) is 34.4 Å². The van der Waals surface area contributed by atoms with E-state index in [-0.39, 0.29) is 35.7 Å². The first kappa shape index (κ1) is 17.9. The summed E-state index contributed by atoms with van der Waals surface area (Å²) >= 11 is 0. The highest BCUT2D eigenvalue weighted by Gasteiger charge is 2.28. The predicted octanol–water partition coefficient (Wildman–Crippen LogP) is 1.81. The maximum absolute atomic E-state index is 12.2. The maximum Gasteiger partial charge on any atom is 0.310 e. The Morgan fingerprint density at radius 2 is 2.17 bits per heavy atom. The number of nitro groups is 1. The zero-order valence-corrected chi connectivity index (χ0v) is 13.6. The minimum Gasteiger partial charge on any atom is -0.466 e. The van der Waals surface area contributed by atoms with Gasteiger partial charge in [0, 0.05) is 12.6 Å². The van der Waals surface area contributed by atoms with Crippen LogP contribution >= 0.6 is 0 Å². The van der Waals surface area contributed by atoms with E-state index in [1.54, 1.807) is 19.1 Å². The molecule has 1 atom stereocenters. The number of anilines is 1. The molecule has 1 amide bonds. The molecule has 24 heavy (non-hydrogen) atoms. The molecule has 2 rings (SSSR count). The second kappa shape index (κ2) is 8.39. The Labute approximate surface area is 139 Å². The molecule has 1 unspecified atom stereocenters. The topological polar surface area (TPSA) is 102 Å². The van der Waals surface area contributed by atoms with Crippen LogP contribution in [-0.4, -0.2) is 47.9 Å². The smallest absolute Gasteiger partial charge is 0.310 e. The van der Waals surface area contributed by atoms with E-state index in [1.807, 2.05) is 4.90 Å². The van der Waals surface area contributed by atoms with Crippen molar-refractivity contribution in [2.45, 2.75) is 19.8 Å². The van der Waals surface area contributed by atoms with Crippen molar-refractivity contribution in [2.75, 3.05) is 31.6 Å². The number of rotatable bonds is 6. The van der Waals surface area contributed by atoms with Gasteiger partial charge in [-0.1, -0.05) is 12.1 Å². The molecule has 0 aromatic heterocycles. The summed E-state index contributed by atoms with van der Waals surface area (Å²) < 4.78 is 5.03. The Hall–Kier alpha value is -2.48. The first-order valence-electron chi connectivity index (χ1n) is 7.93. The number of carbonyl (C=O) groups excluding carboxylic acids is 2. The van der Waals surface area contributed by atoms with Crippen LogP contribution in [-0.2, 0) is 14.3 Å². The molecule has 1 N–H and O–H groups in total. The molecular weight excluding hydrogens is 314 g/mol. The number of nitro benzene ring substituents is 1. The van der Waals surface area contributed by atoms with Crippen LogP contribution in [0.5, 0.6) is 0 Å². The molecule has 1 fully saturated rings. The Morgan fingerprint density at radius 1 is 1.42 bits per heavy atom. The quantitative estimate of drug-likeness (QED) is 0.483. The third-order valence-corrected chi connectivity index (χ3v) is 3.87. The van der Waals surface area contributed by atoms with Gasteiger partial charge in [-0.05, 0) is 32.4 Å². The molecule has 0 spiro atoms. The normalized spacial score (nSPS) is 18.0. The summed E-state index contributed by atoms with van der Waals surface area (Å²) in [7, 11) is 0. The van der Waals surface area contributed by atoms with Gasteiger partial charge in [0.25, 0.3) is 5.69 Å².